The lowest BCUT2D eigenvalue weighted by atomic mass is 10.1. The highest BCUT2D eigenvalue weighted by atomic mass is 32.2. The van der Waals surface area contributed by atoms with Gasteiger partial charge in [-0.1, -0.05) is 0 Å². The van der Waals surface area contributed by atoms with E-state index < -0.39 is 0 Å². The fourth-order valence-electron chi connectivity index (χ4n) is 1.19. The number of hydrogen-bond acceptors (Lipinski definition) is 2. The summed E-state index contributed by atoms with van der Waals surface area (Å²) >= 11 is 2.04. The molecule has 2 heteroatoms. The van der Waals surface area contributed by atoms with Crippen LogP contribution in [-0.4, -0.2) is 22.8 Å². The van der Waals surface area contributed by atoms with Crippen LogP contribution in [0, 0.1) is 0 Å². The molecule has 1 heterocycles. The summed E-state index contributed by atoms with van der Waals surface area (Å²) in [7, 11) is 0. The summed E-state index contributed by atoms with van der Waals surface area (Å²) in [4.78, 5) is 4.67. The van der Waals surface area contributed by atoms with E-state index in [0.717, 1.165) is 0 Å². The monoisotopic (exact) mass is 171 g/mol. The summed E-state index contributed by atoms with van der Waals surface area (Å²) < 4.78 is 0. The maximum Gasteiger partial charge on any atom is 0.0523 e. The van der Waals surface area contributed by atoms with E-state index in [1.54, 1.807) is 0 Å². The van der Waals surface area contributed by atoms with Gasteiger partial charge in [0.25, 0.3) is 0 Å². The van der Waals surface area contributed by atoms with E-state index in [-0.39, 0.29) is 5.54 Å². The average molecular weight is 171 g/mol. The van der Waals surface area contributed by atoms with Gasteiger partial charge < -0.3 is 0 Å². The lowest BCUT2D eigenvalue weighted by Gasteiger charge is -2.18. The first kappa shape index (κ1) is 9.11. The number of hydrogen-bond donors (Lipinski definition) is 0. The van der Waals surface area contributed by atoms with Gasteiger partial charge in [0, 0.05) is 5.71 Å². The summed E-state index contributed by atoms with van der Waals surface area (Å²) in [5, 5.41) is 0. The van der Waals surface area contributed by atoms with Gasteiger partial charge in [0.05, 0.1) is 5.54 Å². The van der Waals surface area contributed by atoms with Gasteiger partial charge in [-0.05, 0) is 45.1 Å². The molecule has 1 fully saturated rings. The number of aliphatic imine (C=N–C) groups is 1. The van der Waals surface area contributed by atoms with E-state index in [2.05, 4.69) is 25.8 Å². The summed E-state index contributed by atoms with van der Waals surface area (Å²) in [5.74, 6) is 2.55. The topological polar surface area (TPSA) is 12.4 Å². The lowest BCUT2D eigenvalue weighted by molar-refractivity contribution is 0.580. The van der Waals surface area contributed by atoms with Crippen molar-refractivity contribution in [3.63, 3.8) is 0 Å². The van der Waals surface area contributed by atoms with Crippen molar-refractivity contribution < 1.29 is 0 Å². The van der Waals surface area contributed by atoms with Gasteiger partial charge in [0.1, 0.15) is 0 Å². The highest BCUT2D eigenvalue weighted by Crippen LogP contribution is 2.17. The zero-order valence-electron chi connectivity index (χ0n) is 7.68. The Bertz CT molecular complexity index is 147. The third kappa shape index (κ3) is 3.80. The minimum Gasteiger partial charge on any atom is -0.288 e. The van der Waals surface area contributed by atoms with E-state index in [0.29, 0.717) is 0 Å². The minimum absolute atomic E-state index is 0.136. The van der Waals surface area contributed by atoms with E-state index in [9.17, 15) is 0 Å². The molecule has 0 spiro atoms. The summed E-state index contributed by atoms with van der Waals surface area (Å²) in [6.45, 7) is 6.51. The molecule has 0 N–H and O–H groups in total. The van der Waals surface area contributed by atoms with Gasteiger partial charge in [0.15, 0.2) is 0 Å². The normalized spacial score (nSPS) is 20.1. The molecule has 0 amide bonds. The molecule has 1 aliphatic heterocycles. The van der Waals surface area contributed by atoms with Crippen molar-refractivity contribution >= 4 is 17.5 Å². The van der Waals surface area contributed by atoms with Gasteiger partial charge in [-0.25, -0.2) is 0 Å². The van der Waals surface area contributed by atoms with Crippen molar-refractivity contribution in [1.29, 1.82) is 0 Å². The van der Waals surface area contributed by atoms with Crippen LogP contribution >= 0.6 is 11.8 Å². The fourth-order valence-corrected chi connectivity index (χ4v) is 2.16. The zero-order valence-corrected chi connectivity index (χ0v) is 8.50. The second-order valence-electron chi connectivity index (χ2n) is 3.96. The Kier molecular flexibility index (Phi) is 2.99. The molecule has 11 heavy (non-hydrogen) atoms. The Morgan fingerprint density at radius 2 is 1.73 bits per heavy atom. The Morgan fingerprint density at radius 3 is 2.18 bits per heavy atom. The molecule has 0 bridgehead atoms. The van der Waals surface area contributed by atoms with E-state index in [1.165, 1.54) is 30.1 Å². The molecule has 0 atom stereocenters. The first-order valence-electron chi connectivity index (χ1n) is 4.23. The molecule has 0 unspecified atom stereocenters. The Labute approximate surface area is 73.7 Å². The smallest absolute Gasteiger partial charge is 0.0523 e. The van der Waals surface area contributed by atoms with Crippen LogP contribution in [0.2, 0.25) is 0 Å². The third-order valence-electron chi connectivity index (χ3n) is 1.56. The van der Waals surface area contributed by atoms with Gasteiger partial charge in [0.2, 0.25) is 0 Å². The molecule has 1 saturated heterocycles. The summed E-state index contributed by atoms with van der Waals surface area (Å²) in [5.41, 5.74) is 1.56. The van der Waals surface area contributed by atoms with Crippen LogP contribution in [0.15, 0.2) is 4.99 Å². The molecule has 0 saturated carbocycles. The van der Waals surface area contributed by atoms with Crippen LogP contribution in [0.5, 0.6) is 0 Å². The molecule has 0 radical (unpaired) electrons. The maximum atomic E-state index is 4.67. The lowest BCUT2D eigenvalue weighted by Crippen LogP contribution is -2.17. The zero-order chi connectivity index (χ0) is 8.32. The Balaban J connectivity index is 2.50. The third-order valence-corrected chi connectivity index (χ3v) is 2.55. The van der Waals surface area contributed by atoms with Crippen LogP contribution in [0.25, 0.3) is 0 Å². The highest BCUT2D eigenvalue weighted by molar-refractivity contribution is 7.99. The molecule has 1 nitrogen and oxygen atoms in total. The summed E-state index contributed by atoms with van der Waals surface area (Å²) in [6, 6.07) is 0. The molecule has 1 aliphatic rings. The predicted octanol–water partition coefficient (Wildman–Crippen LogP) is 2.75. The highest BCUT2D eigenvalue weighted by Gasteiger charge is 2.12. The van der Waals surface area contributed by atoms with Crippen molar-refractivity contribution in [2.24, 2.45) is 4.99 Å². The summed E-state index contributed by atoms with van der Waals surface area (Å²) in [6.07, 6.45) is 2.42. The molecule has 0 aliphatic carbocycles. The largest absolute Gasteiger partial charge is 0.288 e. The van der Waals surface area contributed by atoms with Crippen LogP contribution in [-0.2, 0) is 0 Å². The molecule has 0 aromatic rings. The molecular formula is C9H17NS. The van der Waals surface area contributed by atoms with Crippen molar-refractivity contribution in [1.82, 2.24) is 0 Å². The van der Waals surface area contributed by atoms with Gasteiger partial charge in [-0.2, -0.15) is 11.8 Å². The number of rotatable bonds is 0. The van der Waals surface area contributed by atoms with Crippen LogP contribution in [0.3, 0.4) is 0 Å². The second-order valence-corrected chi connectivity index (χ2v) is 5.19. The van der Waals surface area contributed by atoms with Crippen molar-refractivity contribution in [3.05, 3.63) is 0 Å². The Morgan fingerprint density at radius 1 is 1.18 bits per heavy atom. The van der Waals surface area contributed by atoms with E-state index >= 15 is 0 Å². The van der Waals surface area contributed by atoms with Crippen molar-refractivity contribution in [2.75, 3.05) is 11.5 Å². The van der Waals surface area contributed by atoms with E-state index in [4.69, 9.17) is 0 Å². The molecule has 0 aromatic carbocycles. The SMILES string of the molecule is CC(C)(C)N=C1CCSCC1. The van der Waals surface area contributed by atoms with Gasteiger partial charge in [-0.3, -0.25) is 4.99 Å². The first-order chi connectivity index (χ1) is 5.08. The van der Waals surface area contributed by atoms with Crippen molar-refractivity contribution in [3.8, 4) is 0 Å². The Hall–Kier alpha value is 0.0200. The standard InChI is InChI=1S/C9H17NS/c1-9(2,3)10-8-4-6-11-7-5-8/h4-7H2,1-3H3. The molecular weight excluding hydrogens is 154 g/mol. The number of nitrogens with zero attached hydrogens (tertiary/aromatic N) is 1. The van der Waals surface area contributed by atoms with Gasteiger partial charge in [-0.15, -0.1) is 0 Å². The van der Waals surface area contributed by atoms with Crippen LogP contribution in [0.1, 0.15) is 33.6 Å². The molecule has 1 rings (SSSR count). The molecule has 0 aromatic heterocycles. The van der Waals surface area contributed by atoms with Crippen LogP contribution < -0.4 is 0 Å². The van der Waals surface area contributed by atoms with Crippen LogP contribution in [0.4, 0.5) is 0 Å². The average Bonchev–Trinajstić information content (AvgIpc) is 1.85. The quantitative estimate of drug-likeness (QED) is 0.546. The van der Waals surface area contributed by atoms with Gasteiger partial charge >= 0.3 is 0 Å². The maximum absolute atomic E-state index is 4.67. The van der Waals surface area contributed by atoms with E-state index in [1.807, 2.05) is 11.8 Å². The fraction of sp³-hybridized carbons (Fsp3) is 0.889. The first-order valence-corrected chi connectivity index (χ1v) is 5.39. The second kappa shape index (κ2) is 3.61. The minimum atomic E-state index is 0.136. The molecule has 64 valence electrons. The van der Waals surface area contributed by atoms with Crippen molar-refractivity contribution in [2.45, 2.75) is 39.2 Å². The number of thioether (sulfide) groups is 1. The predicted molar refractivity (Wildman–Crippen MR) is 53.7 cm³/mol.